The molecule has 0 aliphatic rings. The summed E-state index contributed by atoms with van der Waals surface area (Å²) in [6, 6.07) is 12.8. The highest BCUT2D eigenvalue weighted by atomic mass is 16.1. The molecular formula is C13H10N2O. The molecule has 78 valence electrons. The van der Waals surface area contributed by atoms with E-state index in [0.717, 1.165) is 5.69 Å². The summed E-state index contributed by atoms with van der Waals surface area (Å²) in [4.78, 5) is 11.4. The summed E-state index contributed by atoms with van der Waals surface area (Å²) in [5.41, 5.74) is 2.14. The molecule has 1 heterocycles. The van der Waals surface area contributed by atoms with Crippen LogP contribution in [0, 0.1) is 11.3 Å². The molecule has 0 aliphatic carbocycles. The van der Waals surface area contributed by atoms with Crippen LogP contribution in [0.5, 0.6) is 0 Å². The fraction of sp³-hybridized carbons (Fsp3) is 0.0769. The zero-order valence-corrected chi connectivity index (χ0v) is 8.84. The largest absolute Gasteiger partial charge is 0.314 e. The maximum Gasteiger partial charge on any atom is 0.176 e. The lowest BCUT2D eigenvalue weighted by atomic mass is 10.2. The average molecular weight is 210 g/mol. The highest BCUT2D eigenvalue weighted by Crippen LogP contribution is 2.13. The minimum Gasteiger partial charge on any atom is -0.314 e. The van der Waals surface area contributed by atoms with Crippen LogP contribution >= 0.6 is 0 Å². The van der Waals surface area contributed by atoms with Gasteiger partial charge in [0, 0.05) is 18.8 Å². The highest BCUT2D eigenvalue weighted by molar-refractivity contribution is 5.93. The highest BCUT2D eigenvalue weighted by Gasteiger charge is 2.06. The van der Waals surface area contributed by atoms with E-state index in [0.29, 0.717) is 11.3 Å². The van der Waals surface area contributed by atoms with Crippen molar-refractivity contribution in [2.45, 2.75) is 6.92 Å². The molecule has 0 radical (unpaired) electrons. The number of carbonyl (C=O) groups is 1. The van der Waals surface area contributed by atoms with Gasteiger partial charge in [0.25, 0.3) is 0 Å². The lowest BCUT2D eigenvalue weighted by Gasteiger charge is -2.06. The van der Waals surface area contributed by atoms with Crippen LogP contribution in [0.2, 0.25) is 0 Å². The van der Waals surface area contributed by atoms with E-state index in [4.69, 9.17) is 5.26 Å². The lowest BCUT2D eigenvalue weighted by molar-refractivity contribution is 0.101. The summed E-state index contributed by atoms with van der Waals surface area (Å²) in [5, 5.41) is 8.69. The molecular weight excluding hydrogens is 200 g/mol. The summed E-state index contributed by atoms with van der Waals surface area (Å²) in [7, 11) is 0. The van der Waals surface area contributed by atoms with Gasteiger partial charge in [-0.15, -0.1) is 0 Å². The molecule has 0 fully saturated rings. The Labute approximate surface area is 93.6 Å². The number of aromatic nitrogens is 1. The number of carbonyl (C=O) groups excluding carboxylic acids is 1. The minimum atomic E-state index is 0.0226. The topological polar surface area (TPSA) is 45.8 Å². The molecule has 2 rings (SSSR count). The second-order valence-electron chi connectivity index (χ2n) is 3.48. The van der Waals surface area contributed by atoms with Crippen LogP contribution < -0.4 is 0 Å². The molecule has 0 spiro atoms. The number of hydrogen-bond donors (Lipinski definition) is 0. The summed E-state index contributed by atoms with van der Waals surface area (Å²) < 4.78 is 1.81. The quantitative estimate of drug-likeness (QED) is 0.715. The molecule has 0 saturated heterocycles. The van der Waals surface area contributed by atoms with Crippen molar-refractivity contribution in [3.05, 3.63) is 53.9 Å². The summed E-state index contributed by atoms with van der Waals surface area (Å²) in [5.74, 6) is 0.0226. The molecule has 2 aromatic rings. The van der Waals surface area contributed by atoms with Crippen LogP contribution in [0.3, 0.4) is 0 Å². The van der Waals surface area contributed by atoms with Crippen molar-refractivity contribution in [3.8, 4) is 11.8 Å². The maximum atomic E-state index is 11.4. The average Bonchev–Trinajstić information content (AvgIpc) is 2.78. The van der Waals surface area contributed by atoms with Crippen LogP contribution in [0.15, 0.2) is 42.6 Å². The first kappa shape index (κ1) is 10.2. The van der Waals surface area contributed by atoms with E-state index in [2.05, 4.69) is 6.07 Å². The van der Waals surface area contributed by atoms with Crippen molar-refractivity contribution in [2.24, 2.45) is 0 Å². The second-order valence-corrected chi connectivity index (χ2v) is 3.48. The smallest absolute Gasteiger partial charge is 0.176 e. The molecule has 0 bridgehead atoms. The molecule has 16 heavy (non-hydrogen) atoms. The molecule has 0 unspecified atom stereocenters. The number of benzene rings is 1. The third kappa shape index (κ3) is 1.73. The van der Waals surface area contributed by atoms with Crippen molar-refractivity contribution < 1.29 is 4.79 Å². The Kier molecular flexibility index (Phi) is 2.57. The normalized spacial score (nSPS) is 9.75. The molecule has 0 aliphatic heterocycles. The van der Waals surface area contributed by atoms with Gasteiger partial charge in [-0.3, -0.25) is 4.79 Å². The molecule has 0 N–H and O–H groups in total. The molecule has 1 aromatic heterocycles. The monoisotopic (exact) mass is 210 g/mol. The van der Waals surface area contributed by atoms with Crippen molar-refractivity contribution in [2.75, 3.05) is 0 Å². The van der Waals surface area contributed by atoms with Gasteiger partial charge in [-0.25, -0.2) is 0 Å². The van der Waals surface area contributed by atoms with Gasteiger partial charge >= 0.3 is 0 Å². The summed E-state index contributed by atoms with van der Waals surface area (Å²) >= 11 is 0. The first-order chi connectivity index (χ1) is 7.72. The van der Waals surface area contributed by atoms with Gasteiger partial charge in [0.1, 0.15) is 0 Å². The lowest BCUT2D eigenvalue weighted by Crippen LogP contribution is -2.02. The van der Waals surface area contributed by atoms with Gasteiger partial charge in [-0.05, 0) is 36.4 Å². The van der Waals surface area contributed by atoms with Gasteiger partial charge < -0.3 is 4.57 Å². The summed E-state index contributed by atoms with van der Waals surface area (Å²) in [6.45, 7) is 1.54. The number of nitrogens with zero attached hydrogens (tertiary/aromatic N) is 2. The third-order valence-electron chi connectivity index (χ3n) is 2.38. The SMILES string of the molecule is CC(=O)c1cccn1-c1ccc(C#N)cc1. The molecule has 1 aromatic carbocycles. The third-order valence-corrected chi connectivity index (χ3v) is 2.38. The van der Waals surface area contributed by atoms with Crippen LogP contribution in [-0.4, -0.2) is 10.4 Å². The number of rotatable bonds is 2. The van der Waals surface area contributed by atoms with Gasteiger partial charge in [0.05, 0.1) is 17.3 Å². The first-order valence-corrected chi connectivity index (χ1v) is 4.91. The molecule has 3 nitrogen and oxygen atoms in total. The van der Waals surface area contributed by atoms with Crippen LogP contribution in [-0.2, 0) is 0 Å². The van der Waals surface area contributed by atoms with Crippen LogP contribution in [0.4, 0.5) is 0 Å². The number of hydrogen-bond acceptors (Lipinski definition) is 2. The zero-order valence-electron chi connectivity index (χ0n) is 8.84. The fourth-order valence-electron chi connectivity index (χ4n) is 1.59. The molecule has 0 saturated carbocycles. The number of nitriles is 1. The van der Waals surface area contributed by atoms with Crippen LogP contribution in [0.25, 0.3) is 5.69 Å². The Bertz CT molecular complexity index is 558. The first-order valence-electron chi connectivity index (χ1n) is 4.91. The minimum absolute atomic E-state index is 0.0226. The maximum absolute atomic E-state index is 11.4. The van der Waals surface area contributed by atoms with Crippen molar-refractivity contribution in [3.63, 3.8) is 0 Å². The van der Waals surface area contributed by atoms with Crippen molar-refractivity contribution in [1.82, 2.24) is 4.57 Å². The fourth-order valence-corrected chi connectivity index (χ4v) is 1.59. The van der Waals surface area contributed by atoms with Gasteiger partial charge in [-0.2, -0.15) is 5.26 Å². The van der Waals surface area contributed by atoms with Gasteiger partial charge in [-0.1, -0.05) is 0 Å². The van der Waals surface area contributed by atoms with E-state index in [9.17, 15) is 4.79 Å². The number of ketones is 1. The second kappa shape index (κ2) is 4.03. The van der Waals surface area contributed by atoms with E-state index < -0.39 is 0 Å². The Morgan fingerprint density at radius 1 is 1.25 bits per heavy atom. The van der Waals surface area contributed by atoms with Crippen molar-refractivity contribution in [1.29, 1.82) is 5.26 Å². The zero-order chi connectivity index (χ0) is 11.5. The Morgan fingerprint density at radius 2 is 1.94 bits per heavy atom. The molecule has 0 amide bonds. The van der Waals surface area contributed by atoms with E-state index in [-0.39, 0.29) is 5.78 Å². The number of Topliss-reactive ketones (excluding diaryl/α,β-unsaturated/α-hetero) is 1. The van der Waals surface area contributed by atoms with E-state index >= 15 is 0 Å². The Balaban J connectivity index is 2.47. The predicted molar refractivity (Wildman–Crippen MR) is 60.5 cm³/mol. The molecule has 3 heteroatoms. The molecule has 0 atom stereocenters. The summed E-state index contributed by atoms with van der Waals surface area (Å²) in [6.07, 6.45) is 1.83. The van der Waals surface area contributed by atoms with E-state index in [1.54, 1.807) is 18.2 Å². The Hall–Kier alpha value is -2.34. The predicted octanol–water partition coefficient (Wildman–Crippen LogP) is 2.55. The van der Waals surface area contributed by atoms with E-state index in [1.807, 2.05) is 29.0 Å². The van der Waals surface area contributed by atoms with Crippen molar-refractivity contribution >= 4 is 5.78 Å². The standard InChI is InChI=1S/C13H10N2O/c1-10(16)13-3-2-8-15(13)12-6-4-11(9-14)5-7-12/h2-8H,1H3. The van der Waals surface area contributed by atoms with Gasteiger partial charge in [0.15, 0.2) is 5.78 Å². The Morgan fingerprint density at radius 3 is 2.50 bits per heavy atom. The van der Waals surface area contributed by atoms with Crippen LogP contribution in [0.1, 0.15) is 23.0 Å². The van der Waals surface area contributed by atoms with Gasteiger partial charge in [0.2, 0.25) is 0 Å². The van der Waals surface area contributed by atoms with E-state index in [1.165, 1.54) is 6.92 Å².